The van der Waals surface area contributed by atoms with Gasteiger partial charge in [-0.2, -0.15) is 0 Å². The Bertz CT molecular complexity index is 1030. The lowest BCUT2D eigenvalue weighted by atomic mass is 10.1. The molecule has 1 amide bonds. The number of nitrogens with one attached hydrogen (secondary N) is 3. The van der Waals surface area contributed by atoms with E-state index in [1.807, 2.05) is 6.92 Å². The van der Waals surface area contributed by atoms with Crippen LogP contribution in [0.1, 0.15) is 24.2 Å². The first kappa shape index (κ1) is 21.9. The SMILES string of the molecule is CC1=N/C(=C2\CN(C(=O)c3ccc(F)cc3OC[C@H]3CPCN3)CC2=N)NC(C)=C1Cl. The highest BCUT2D eigenvalue weighted by molar-refractivity contribution is 7.38. The van der Waals surface area contributed by atoms with Crippen LogP contribution in [0, 0.1) is 11.2 Å². The Labute approximate surface area is 187 Å². The summed E-state index contributed by atoms with van der Waals surface area (Å²) in [5.41, 5.74) is 2.64. The van der Waals surface area contributed by atoms with Gasteiger partial charge in [0.25, 0.3) is 5.91 Å². The molecule has 0 radical (unpaired) electrons. The lowest BCUT2D eigenvalue weighted by molar-refractivity contribution is 0.0799. The molecule has 0 bridgehead atoms. The van der Waals surface area contributed by atoms with Gasteiger partial charge < -0.3 is 25.7 Å². The standard InChI is InChI=1S/C21H24ClFN5O2P/c1-11-19(22)12(2)27-20(26-11)16-6-28(7-17(16)24)21(29)15-4-3-13(23)5-18(15)30-8-14-9-31-10-25-14/h3-5,14,24-26,31H,6-10H2,1-2H3/b20-16+,24-17?/t14-/m0/s1. The quantitative estimate of drug-likeness (QED) is 0.599. The van der Waals surface area contributed by atoms with Crippen molar-refractivity contribution < 1.29 is 13.9 Å². The van der Waals surface area contributed by atoms with E-state index in [4.69, 9.17) is 21.7 Å². The van der Waals surface area contributed by atoms with Gasteiger partial charge in [0.1, 0.15) is 24.0 Å². The van der Waals surface area contributed by atoms with E-state index >= 15 is 0 Å². The van der Waals surface area contributed by atoms with E-state index in [1.54, 1.807) is 11.8 Å². The molecule has 2 atom stereocenters. The van der Waals surface area contributed by atoms with E-state index in [0.717, 1.165) is 26.7 Å². The zero-order chi connectivity index (χ0) is 22.1. The molecule has 2 saturated heterocycles. The third kappa shape index (κ3) is 4.66. The van der Waals surface area contributed by atoms with Crippen molar-refractivity contribution in [3.05, 3.63) is 51.7 Å². The van der Waals surface area contributed by atoms with Gasteiger partial charge in [0.2, 0.25) is 0 Å². The molecule has 1 unspecified atom stereocenters. The predicted molar refractivity (Wildman–Crippen MR) is 122 cm³/mol. The van der Waals surface area contributed by atoms with Crippen LogP contribution in [-0.2, 0) is 0 Å². The zero-order valence-electron chi connectivity index (χ0n) is 17.3. The Kier molecular flexibility index (Phi) is 6.42. The second-order valence-electron chi connectivity index (χ2n) is 7.71. The summed E-state index contributed by atoms with van der Waals surface area (Å²) in [5.74, 6) is -0.00754. The van der Waals surface area contributed by atoms with Crippen LogP contribution in [0.25, 0.3) is 0 Å². The minimum absolute atomic E-state index is 0.145. The van der Waals surface area contributed by atoms with Gasteiger partial charge in [-0.05, 0) is 32.1 Å². The number of benzene rings is 1. The summed E-state index contributed by atoms with van der Waals surface area (Å²) in [5, 5.41) is 15.4. The highest BCUT2D eigenvalue weighted by atomic mass is 35.5. The third-order valence-corrected chi connectivity index (χ3v) is 7.18. The second-order valence-corrected chi connectivity index (χ2v) is 9.35. The number of ether oxygens (including phenoxy) is 1. The van der Waals surface area contributed by atoms with Crippen LogP contribution in [0.15, 0.2) is 45.3 Å². The predicted octanol–water partition coefficient (Wildman–Crippen LogP) is 3.03. The summed E-state index contributed by atoms with van der Waals surface area (Å²) >= 11 is 6.19. The fourth-order valence-electron chi connectivity index (χ4n) is 3.69. The molecule has 3 aliphatic rings. The first-order chi connectivity index (χ1) is 14.8. The molecule has 0 saturated carbocycles. The number of nitrogens with zero attached hydrogens (tertiary/aromatic N) is 2. The monoisotopic (exact) mass is 463 g/mol. The Morgan fingerprint density at radius 1 is 1.42 bits per heavy atom. The van der Waals surface area contributed by atoms with Crippen LogP contribution in [-0.4, -0.2) is 60.4 Å². The third-order valence-electron chi connectivity index (χ3n) is 5.39. The molecule has 10 heteroatoms. The minimum atomic E-state index is -0.458. The second kappa shape index (κ2) is 9.07. The average molecular weight is 464 g/mol. The Morgan fingerprint density at radius 3 is 2.94 bits per heavy atom. The van der Waals surface area contributed by atoms with E-state index in [9.17, 15) is 9.18 Å². The van der Waals surface area contributed by atoms with Crippen LogP contribution >= 0.6 is 20.2 Å². The van der Waals surface area contributed by atoms with Crippen molar-refractivity contribution in [1.29, 1.82) is 5.41 Å². The molecule has 3 N–H and O–H groups in total. The zero-order valence-corrected chi connectivity index (χ0v) is 19.1. The molecule has 7 nitrogen and oxygen atoms in total. The summed E-state index contributed by atoms with van der Waals surface area (Å²) in [6.45, 7) is 4.39. The Hall–Kier alpha value is -2.28. The molecule has 3 heterocycles. The van der Waals surface area contributed by atoms with Gasteiger partial charge in [0, 0.05) is 29.7 Å². The molecule has 0 aliphatic carbocycles. The lowest BCUT2D eigenvalue weighted by Crippen LogP contribution is -2.32. The molecule has 1 aromatic rings. The number of carbonyl (C=O) groups excluding carboxylic acids is 1. The number of halogens is 2. The normalized spacial score (nSPS) is 24.6. The van der Waals surface area contributed by atoms with Crippen molar-refractivity contribution >= 4 is 37.5 Å². The van der Waals surface area contributed by atoms with Crippen molar-refractivity contribution in [2.24, 2.45) is 4.99 Å². The van der Waals surface area contributed by atoms with E-state index in [2.05, 4.69) is 15.6 Å². The first-order valence-corrected chi connectivity index (χ1v) is 11.8. The maximum absolute atomic E-state index is 13.9. The molecule has 4 rings (SSSR count). The van der Waals surface area contributed by atoms with Crippen LogP contribution in [0.4, 0.5) is 4.39 Å². The van der Waals surface area contributed by atoms with E-state index in [0.29, 0.717) is 34.5 Å². The average Bonchev–Trinajstić information content (AvgIpc) is 3.39. The van der Waals surface area contributed by atoms with E-state index < -0.39 is 5.82 Å². The Balaban J connectivity index is 1.54. The van der Waals surface area contributed by atoms with Crippen molar-refractivity contribution in [3.8, 4) is 5.75 Å². The molecule has 0 spiro atoms. The fraction of sp³-hybridized carbons (Fsp3) is 0.381. The van der Waals surface area contributed by atoms with Gasteiger partial charge in [-0.1, -0.05) is 11.6 Å². The Morgan fingerprint density at radius 2 is 2.23 bits per heavy atom. The van der Waals surface area contributed by atoms with Crippen LogP contribution < -0.4 is 15.4 Å². The van der Waals surface area contributed by atoms with E-state index in [1.165, 1.54) is 18.2 Å². The largest absolute Gasteiger partial charge is 0.491 e. The number of rotatable bonds is 4. The maximum atomic E-state index is 13.9. The summed E-state index contributed by atoms with van der Waals surface area (Å²) < 4.78 is 19.7. The van der Waals surface area contributed by atoms with Crippen LogP contribution in [0.5, 0.6) is 5.75 Å². The number of allylic oxidation sites excluding steroid dienone is 2. The van der Waals surface area contributed by atoms with Crippen LogP contribution in [0.2, 0.25) is 0 Å². The number of hydrogen-bond donors (Lipinski definition) is 3. The van der Waals surface area contributed by atoms with Gasteiger partial charge in [-0.25, -0.2) is 9.38 Å². The number of hydrogen-bond acceptors (Lipinski definition) is 6. The summed E-state index contributed by atoms with van der Waals surface area (Å²) in [6.07, 6.45) is 1.98. The minimum Gasteiger partial charge on any atom is -0.491 e. The lowest BCUT2D eigenvalue weighted by Gasteiger charge is -2.20. The molecule has 3 aliphatic heterocycles. The number of aliphatic imine (C=N–C) groups is 1. The molecule has 0 aromatic heterocycles. The molecule has 31 heavy (non-hydrogen) atoms. The highest BCUT2D eigenvalue weighted by Crippen LogP contribution is 2.27. The fourth-order valence-corrected chi connectivity index (χ4v) is 4.96. The number of carbonyl (C=O) groups is 1. The maximum Gasteiger partial charge on any atom is 0.258 e. The summed E-state index contributed by atoms with van der Waals surface area (Å²) in [6, 6.07) is 4.15. The van der Waals surface area contributed by atoms with Crippen molar-refractivity contribution in [2.75, 3.05) is 32.1 Å². The van der Waals surface area contributed by atoms with Gasteiger partial charge in [-0.3, -0.25) is 4.79 Å². The van der Waals surface area contributed by atoms with Gasteiger partial charge >= 0.3 is 0 Å². The molecular formula is C21H24ClFN5O2P. The van der Waals surface area contributed by atoms with Gasteiger partial charge in [0.15, 0.2) is 0 Å². The molecular weight excluding hydrogens is 440 g/mol. The van der Waals surface area contributed by atoms with Gasteiger partial charge in [0.05, 0.1) is 35.1 Å². The summed E-state index contributed by atoms with van der Waals surface area (Å²) in [4.78, 5) is 19.2. The van der Waals surface area contributed by atoms with Crippen LogP contribution in [0.3, 0.4) is 0 Å². The van der Waals surface area contributed by atoms with E-state index in [-0.39, 0.29) is 36.4 Å². The topological polar surface area (TPSA) is 89.8 Å². The smallest absolute Gasteiger partial charge is 0.258 e. The number of likely N-dealkylation sites (tertiary alicyclic amines) is 1. The molecule has 1 aromatic carbocycles. The van der Waals surface area contributed by atoms with Gasteiger partial charge in [-0.15, -0.1) is 8.58 Å². The van der Waals surface area contributed by atoms with Crippen molar-refractivity contribution in [2.45, 2.75) is 19.9 Å². The highest BCUT2D eigenvalue weighted by Gasteiger charge is 2.32. The van der Waals surface area contributed by atoms with Crippen molar-refractivity contribution in [1.82, 2.24) is 15.5 Å². The first-order valence-electron chi connectivity index (χ1n) is 9.99. The molecule has 164 valence electrons. The summed E-state index contributed by atoms with van der Waals surface area (Å²) in [7, 11) is 0.845. The van der Waals surface area contributed by atoms with Crippen molar-refractivity contribution in [3.63, 3.8) is 0 Å². The molecule has 2 fully saturated rings. The number of amides is 1.